The standard InChI is InChI=1S/C17H13NO5/c19-16(12-4-2-1-3-5-12)18-13(17(20)21)8-11-6-7-14-15(9-11)23-10-22-14/h1-9H,10H2,(H,18,19)(H,20,21)/b13-8-. The molecule has 0 fully saturated rings. The molecule has 0 atom stereocenters. The van der Waals surface area contributed by atoms with Gasteiger partial charge in [0, 0.05) is 5.56 Å². The van der Waals surface area contributed by atoms with E-state index in [-0.39, 0.29) is 12.5 Å². The number of carbonyl (C=O) groups excluding carboxylic acids is 1. The van der Waals surface area contributed by atoms with Gasteiger partial charge in [0.1, 0.15) is 5.70 Å². The highest BCUT2D eigenvalue weighted by Gasteiger charge is 2.16. The van der Waals surface area contributed by atoms with E-state index in [0.29, 0.717) is 22.6 Å². The summed E-state index contributed by atoms with van der Waals surface area (Å²) in [5, 5.41) is 11.7. The zero-order valence-electron chi connectivity index (χ0n) is 12.0. The van der Waals surface area contributed by atoms with Gasteiger partial charge in [0.25, 0.3) is 5.91 Å². The average molecular weight is 311 g/mol. The Morgan fingerprint density at radius 3 is 2.52 bits per heavy atom. The fourth-order valence-electron chi connectivity index (χ4n) is 2.10. The first-order valence-electron chi connectivity index (χ1n) is 6.84. The maximum atomic E-state index is 12.1. The van der Waals surface area contributed by atoms with Gasteiger partial charge in [0.15, 0.2) is 11.5 Å². The Bertz CT molecular complexity index is 783. The van der Waals surface area contributed by atoms with Crippen LogP contribution in [0, 0.1) is 0 Å². The van der Waals surface area contributed by atoms with Gasteiger partial charge in [0.05, 0.1) is 0 Å². The number of benzene rings is 2. The molecule has 0 spiro atoms. The van der Waals surface area contributed by atoms with E-state index in [9.17, 15) is 14.7 Å². The summed E-state index contributed by atoms with van der Waals surface area (Å²) in [6.45, 7) is 0.138. The van der Waals surface area contributed by atoms with E-state index in [0.717, 1.165) is 0 Å². The molecule has 1 aliphatic rings. The molecule has 0 bridgehead atoms. The van der Waals surface area contributed by atoms with Crippen molar-refractivity contribution in [2.45, 2.75) is 0 Å². The Kier molecular flexibility index (Phi) is 3.97. The second kappa shape index (κ2) is 6.23. The molecule has 0 radical (unpaired) electrons. The molecule has 2 aromatic rings. The third-order valence-electron chi connectivity index (χ3n) is 3.22. The number of amides is 1. The molecule has 2 aromatic carbocycles. The first-order valence-corrected chi connectivity index (χ1v) is 6.84. The number of fused-ring (bicyclic) bond motifs is 1. The van der Waals surface area contributed by atoms with E-state index in [2.05, 4.69) is 5.32 Å². The van der Waals surface area contributed by atoms with Crippen molar-refractivity contribution in [1.29, 1.82) is 0 Å². The summed E-state index contributed by atoms with van der Waals surface area (Å²) >= 11 is 0. The van der Waals surface area contributed by atoms with Crippen molar-refractivity contribution in [1.82, 2.24) is 5.32 Å². The molecule has 2 N–H and O–H groups in total. The number of carboxylic acids is 1. The molecular formula is C17H13NO5. The molecule has 1 aliphatic heterocycles. The lowest BCUT2D eigenvalue weighted by Gasteiger charge is -2.06. The highest BCUT2D eigenvalue weighted by atomic mass is 16.7. The van der Waals surface area contributed by atoms with Crippen LogP contribution in [0.5, 0.6) is 11.5 Å². The zero-order chi connectivity index (χ0) is 16.2. The molecular weight excluding hydrogens is 298 g/mol. The molecule has 1 amide bonds. The third-order valence-corrected chi connectivity index (χ3v) is 3.22. The fraction of sp³-hybridized carbons (Fsp3) is 0.0588. The van der Waals surface area contributed by atoms with Crippen LogP contribution in [0.15, 0.2) is 54.2 Å². The maximum absolute atomic E-state index is 12.1. The quantitative estimate of drug-likeness (QED) is 0.846. The molecule has 23 heavy (non-hydrogen) atoms. The van der Waals surface area contributed by atoms with Gasteiger partial charge >= 0.3 is 5.97 Å². The van der Waals surface area contributed by atoms with E-state index in [1.165, 1.54) is 6.08 Å². The van der Waals surface area contributed by atoms with Gasteiger partial charge in [-0.1, -0.05) is 24.3 Å². The van der Waals surface area contributed by atoms with E-state index >= 15 is 0 Å². The lowest BCUT2D eigenvalue weighted by molar-refractivity contribution is -0.132. The highest BCUT2D eigenvalue weighted by Crippen LogP contribution is 2.33. The maximum Gasteiger partial charge on any atom is 0.352 e. The zero-order valence-corrected chi connectivity index (χ0v) is 12.0. The minimum atomic E-state index is -1.23. The first kappa shape index (κ1) is 14.6. The predicted octanol–water partition coefficient (Wildman–Crippen LogP) is 2.27. The number of rotatable bonds is 4. The monoisotopic (exact) mass is 311 g/mol. The minimum Gasteiger partial charge on any atom is -0.477 e. The topological polar surface area (TPSA) is 84.9 Å². The predicted molar refractivity (Wildman–Crippen MR) is 82.1 cm³/mol. The van der Waals surface area contributed by atoms with Crippen molar-refractivity contribution in [3.8, 4) is 11.5 Å². The third kappa shape index (κ3) is 3.32. The minimum absolute atomic E-state index is 0.138. The van der Waals surface area contributed by atoms with Gasteiger partial charge < -0.3 is 19.9 Å². The van der Waals surface area contributed by atoms with E-state index < -0.39 is 11.9 Å². The molecule has 6 nitrogen and oxygen atoms in total. The van der Waals surface area contributed by atoms with Crippen LogP contribution in [-0.4, -0.2) is 23.8 Å². The average Bonchev–Trinajstić information content (AvgIpc) is 3.02. The second-order valence-corrected chi connectivity index (χ2v) is 4.80. The normalized spacial score (nSPS) is 12.8. The van der Waals surface area contributed by atoms with Crippen molar-refractivity contribution < 1.29 is 24.2 Å². The second-order valence-electron chi connectivity index (χ2n) is 4.80. The molecule has 0 aromatic heterocycles. The molecule has 116 valence electrons. The van der Waals surface area contributed by atoms with Crippen LogP contribution in [-0.2, 0) is 4.79 Å². The van der Waals surface area contributed by atoms with Gasteiger partial charge in [-0.25, -0.2) is 4.79 Å². The lowest BCUT2D eigenvalue weighted by Crippen LogP contribution is -2.27. The summed E-state index contributed by atoms with van der Waals surface area (Å²) < 4.78 is 10.4. The highest BCUT2D eigenvalue weighted by molar-refractivity contribution is 6.02. The number of hydrogen-bond donors (Lipinski definition) is 2. The van der Waals surface area contributed by atoms with Gasteiger partial charge in [-0.05, 0) is 35.9 Å². The summed E-state index contributed by atoms with van der Waals surface area (Å²) in [6, 6.07) is 13.4. The molecule has 0 unspecified atom stereocenters. The number of ether oxygens (including phenoxy) is 2. The van der Waals surface area contributed by atoms with E-state index in [4.69, 9.17) is 9.47 Å². The fourth-order valence-corrected chi connectivity index (χ4v) is 2.10. The number of carboxylic acid groups (broad SMARTS) is 1. The van der Waals surface area contributed by atoms with Gasteiger partial charge in [-0.3, -0.25) is 4.79 Å². The SMILES string of the molecule is O=C(O)/C(=C/c1ccc2c(c1)OCO2)NC(=O)c1ccccc1. The first-order chi connectivity index (χ1) is 11.1. The number of aliphatic carboxylic acids is 1. The Morgan fingerprint density at radius 1 is 1.04 bits per heavy atom. The summed E-state index contributed by atoms with van der Waals surface area (Å²) in [6.07, 6.45) is 1.37. The summed E-state index contributed by atoms with van der Waals surface area (Å²) in [7, 11) is 0. The number of carbonyl (C=O) groups is 2. The lowest BCUT2D eigenvalue weighted by atomic mass is 10.1. The van der Waals surface area contributed by atoms with E-state index in [1.54, 1.807) is 48.5 Å². The van der Waals surface area contributed by atoms with Crippen LogP contribution in [0.1, 0.15) is 15.9 Å². The van der Waals surface area contributed by atoms with Gasteiger partial charge in [-0.2, -0.15) is 0 Å². The van der Waals surface area contributed by atoms with Crippen molar-refractivity contribution >= 4 is 18.0 Å². The summed E-state index contributed by atoms with van der Waals surface area (Å²) in [4.78, 5) is 23.4. The summed E-state index contributed by atoms with van der Waals surface area (Å²) in [5.74, 6) is -0.572. The molecule has 0 saturated carbocycles. The Morgan fingerprint density at radius 2 is 1.78 bits per heavy atom. The number of hydrogen-bond acceptors (Lipinski definition) is 4. The van der Waals surface area contributed by atoms with Gasteiger partial charge in [-0.15, -0.1) is 0 Å². The van der Waals surface area contributed by atoms with E-state index in [1.807, 2.05) is 0 Å². The largest absolute Gasteiger partial charge is 0.477 e. The summed E-state index contributed by atoms with van der Waals surface area (Å²) in [5.41, 5.74) is 0.739. The van der Waals surface area contributed by atoms with Crippen molar-refractivity contribution in [3.05, 3.63) is 65.4 Å². The van der Waals surface area contributed by atoms with Crippen LogP contribution >= 0.6 is 0 Å². The molecule has 0 saturated heterocycles. The Hall–Kier alpha value is -3.28. The van der Waals surface area contributed by atoms with Crippen LogP contribution < -0.4 is 14.8 Å². The van der Waals surface area contributed by atoms with Crippen molar-refractivity contribution in [2.24, 2.45) is 0 Å². The van der Waals surface area contributed by atoms with Crippen LogP contribution in [0.2, 0.25) is 0 Å². The molecule has 1 heterocycles. The molecule has 3 rings (SSSR count). The Labute approximate surface area is 132 Å². The molecule has 6 heteroatoms. The molecule has 0 aliphatic carbocycles. The van der Waals surface area contributed by atoms with Crippen molar-refractivity contribution in [3.63, 3.8) is 0 Å². The van der Waals surface area contributed by atoms with Crippen LogP contribution in [0.3, 0.4) is 0 Å². The van der Waals surface area contributed by atoms with Crippen LogP contribution in [0.4, 0.5) is 0 Å². The van der Waals surface area contributed by atoms with Crippen LogP contribution in [0.25, 0.3) is 6.08 Å². The Balaban J connectivity index is 1.84. The smallest absolute Gasteiger partial charge is 0.352 e. The number of nitrogens with one attached hydrogen (secondary N) is 1. The van der Waals surface area contributed by atoms with Crippen molar-refractivity contribution in [2.75, 3.05) is 6.79 Å². The van der Waals surface area contributed by atoms with Gasteiger partial charge in [0.2, 0.25) is 6.79 Å².